The summed E-state index contributed by atoms with van der Waals surface area (Å²) in [6, 6.07) is 10.5. The highest BCUT2D eigenvalue weighted by Crippen LogP contribution is 2.25. The van der Waals surface area contributed by atoms with Crippen LogP contribution in [0.1, 0.15) is 36.1 Å². The maximum atomic E-state index is 5.62. The zero-order valence-corrected chi connectivity index (χ0v) is 12.4. The van der Waals surface area contributed by atoms with E-state index in [0.717, 1.165) is 18.8 Å². The van der Waals surface area contributed by atoms with Crippen molar-refractivity contribution in [3.63, 3.8) is 0 Å². The summed E-state index contributed by atoms with van der Waals surface area (Å²) in [5, 5.41) is 3.36. The third-order valence-corrected chi connectivity index (χ3v) is 3.37. The van der Waals surface area contributed by atoms with Crippen molar-refractivity contribution in [1.82, 2.24) is 10.3 Å². The number of hydrogen-bond donors (Lipinski definition) is 1. The molecule has 20 heavy (non-hydrogen) atoms. The van der Waals surface area contributed by atoms with Crippen molar-refractivity contribution in [1.29, 1.82) is 0 Å². The van der Waals surface area contributed by atoms with Gasteiger partial charge in [-0.05, 0) is 55.3 Å². The van der Waals surface area contributed by atoms with Gasteiger partial charge in [0.1, 0.15) is 5.75 Å². The number of pyridine rings is 1. The lowest BCUT2D eigenvalue weighted by Crippen LogP contribution is -2.18. The number of benzene rings is 1. The van der Waals surface area contributed by atoms with Crippen LogP contribution in [0.25, 0.3) is 0 Å². The summed E-state index contributed by atoms with van der Waals surface area (Å²) >= 11 is 0. The molecule has 1 aromatic carbocycles. The van der Waals surface area contributed by atoms with E-state index in [4.69, 9.17) is 4.74 Å². The Kier molecular flexibility index (Phi) is 5.13. The fourth-order valence-electron chi connectivity index (χ4n) is 2.26. The van der Waals surface area contributed by atoms with Gasteiger partial charge in [-0.2, -0.15) is 0 Å². The molecule has 1 N–H and O–H groups in total. The Hall–Kier alpha value is -1.87. The highest BCUT2D eigenvalue weighted by molar-refractivity contribution is 5.37. The molecule has 2 rings (SSSR count). The number of aromatic nitrogens is 1. The van der Waals surface area contributed by atoms with Gasteiger partial charge in [0.05, 0.1) is 12.6 Å². The first kappa shape index (κ1) is 14.5. The number of hydrogen-bond acceptors (Lipinski definition) is 3. The predicted octanol–water partition coefficient (Wildman–Crippen LogP) is 3.49. The second-order valence-corrected chi connectivity index (χ2v) is 4.87. The molecule has 0 aliphatic rings. The summed E-state index contributed by atoms with van der Waals surface area (Å²) in [5.41, 5.74) is 3.66. The third kappa shape index (κ3) is 3.36. The molecule has 0 spiro atoms. The molecule has 3 heteroatoms. The molecule has 3 nitrogen and oxygen atoms in total. The molecule has 0 aliphatic heterocycles. The first-order valence-corrected chi connectivity index (χ1v) is 7.06. The van der Waals surface area contributed by atoms with Crippen LogP contribution >= 0.6 is 0 Å². The van der Waals surface area contributed by atoms with Crippen LogP contribution in [0.5, 0.6) is 5.75 Å². The Bertz CT molecular complexity index is 537. The average molecular weight is 270 g/mol. The maximum absolute atomic E-state index is 5.62. The average Bonchev–Trinajstić information content (AvgIpc) is 2.49. The van der Waals surface area contributed by atoms with Crippen LogP contribution in [0, 0.1) is 6.92 Å². The van der Waals surface area contributed by atoms with E-state index >= 15 is 0 Å². The zero-order chi connectivity index (χ0) is 14.4. The molecule has 1 unspecified atom stereocenters. The van der Waals surface area contributed by atoms with E-state index in [1.165, 1.54) is 16.7 Å². The summed E-state index contributed by atoms with van der Waals surface area (Å²) in [6.45, 7) is 4.98. The Balaban J connectivity index is 2.22. The van der Waals surface area contributed by atoms with E-state index in [2.05, 4.69) is 36.3 Å². The van der Waals surface area contributed by atoms with Gasteiger partial charge in [0, 0.05) is 12.4 Å². The summed E-state index contributed by atoms with van der Waals surface area (Å²) in [7, 11) is 1.97. The van der Waals surface area contributed by atoms with Crippen molar-refractivity contribution in [2.45, 2.75) is 26.3 Å². The lowest BCUT2D eigenvalue weighted by molar-refractivity contribution is 0.317. The Labute approximate surface area is 121 Å². The SMILES string of the molecule is CCCOc1ccc(C(NC)c2cnccc2C)cc1. The van der Waals surface area contributed by atoms with Gasteiger partial charge in [-0.15, -0.1) is 0 Å². The summed E-state index contributed by atoms with van der Waals surface area (Å²) in [6.07, 6.45) is 4.78. The van der Waals surface area contributed by atoms with Crippen molar-refractivity contribution >= 4 is 0 Å². The van der Waals surface area contributed by atoms with Crippen LogP contribution in [0.4, 0.5) is 0 Å². The van der Waals surface area contributed by atoms with Crippen molar-refractivity contribution in [2.75, 3.05) is 13.7 Å². The van der Waals surface area contributed by atoms with Gasteiger partial charge in [-0.25, -0.2) is 0 Å². The number of rotatable bonds is 6. The van der Waals surface area contributed by atoms with Gasteiger partial charge in [-0.1, -0.05) is 19.1 Å². The quantitative estimate of drug-likeness (QED) is 0.872. The fourth-order valence-corrected chi connectivity index (χ4v) is 2.26. The monoisotopic (exact) mass is 270 g/mol. The maximum Gasteiger partial charge on any atom is 0.119 e. The highest BCUT2D eigenvalue weighted by atomic mass is 16.5. The lowest BCUT2D eigenvalue weighted by Gasteiger charge is -2.19. The van der Waals surface area contributed by atoms with Crippen LogP contribution in [0.15, 0.2) is 42.7 Å². The summed E-state index contributed by atoms with van der Waals surface area (Å²) in [4.78, 5) is 4.23. The second kappa shape index (κ2) is 7.06. The first-order valence-electron chi connectivity index (χ1n) is 7.06. The Morgan fingerprint density at radius 1 is 1.20 bits per heavy atom. The van der Waals surface area contributed by atoms with Gasteiger partial charge >= 0.3 is 0 Å². The normalized spacial score (nSPS) is 12.2. The molecule has 0 amide bonds. The van der Waals surface area contributed by atoms with Crippen LogP contribution in [0.3, 0.4) is 0 Å². The van der Waals surface area contributed by atoms with E-state index < -0.39 is 0 Å². The molecule has 0 aliphatic carbocycles. The molecule has 1 heterocycles. The molecular formula is C17H22N2O. The van der Waals surface area contributed by atoms with Gasteiger partial charge in [0.15, 0.2) is 0 Å². The van der Waals surface area contributed by atoms with Gasteiger partial charge in [0.25, 0.3) is 0 Å². The molecule has 0 radical (unpaired) electrons. The molecule has 0 fully saturated rings. The second-order valence-electron chi connectivity index (χ2n) is 4.87. The van der Waals surface area contributed by atoms with Crippen LogP contribution in [-0.4, -0.2) is 18.6 Å². The molecule has 2 aromatic rings. The molecule has 0 saturated carbocycles. The standard InChI is InChI=1S/C17H22N2O/c1-4-11-20-15-7-5-14(6-8-15)17(18-3)16-12-19-10-9-13(16)2/h5-10,12,17-18H,4,11H2,1-3H3. The van der Waals surface area contributed by atoms with Crippen LogP contribution in [-0.2, 0) is 0 Å². The van der Waals surface area contributed by atoms with E-state index in [1.54, 1.807) is 0 Å². The van der Waals surface area contributed by atoms with Crippen molar-refractivity contribution in [3.05, 3.63) is 59.4 Å². The van der Waals surface area contributed by atoms with Gasteiger partial charge in [-0.3, -0.25) is 4.98 Å². The largest absolute Gasteiger partial charge is 0.494 e. The molecule has 1 atom stereocenters. The lowest BCUT2D eigenvalue weighted by atomic mass is 9.97. The number of aryl methyl sites for hydroxylation is 1. The van der Waals surface area contributed by atoms with Crippen molar-refractivity contribution in [2.24, 2.45) is 0 Å². The molecule has 0 bridgehead atoms. The van der Waals surface area contributed by atoms with Crippen LogP contribution < -0.4 is 10.1 Å². The Morgan fingerprint density at radius 3 is 2.55 bits per heavy atom. The smallest absolute Gasteiger partial charge is 0.119 e. The first-order chi connectivity index (χ1) is 9.76. The van der Waals surface area contributed by atoms with Crippen molar-refractivity contribution in [3.8, 4) is 5.75 Å². The number of nitrogens with zero attached hydrogens (tertiary/aromatic N) is 1. The van der Waals surface area contributed by atoms with Crippen LogP contribution in [0.2, 0.25) is 0 Å². The summed E-state index contributed by atoms with van der Waals surface area (Å²) in [5.74, 6) is 0.924. The van der Waals surface area contributed by atoms with E-state index in [0.29, 0.717) is 0 Å². The van der Waals surface area contributed by atoms with E-state index in [1.807, 2.05) is 37.6 Å². The number of ether oxygens (including phenoxy) is 1. The molecular weight excluding hydrogens is 248 g/mol. The van der Waals surface area contributed by atoms with Gasteiger partial charge < -0.3 is 10.1 Å². The highest BCUT2D eigenvalue weighted by Gasteiger charge is 2.14. The van der Waals surface area contributed by atoms with Crippen molar-refractivity contribution < 1.29 is 4.74 Å². The van der Waals surface area contributed by atoms with E-state index in [9.17, 15) is 0 Å². The summed E-state index contributed by atoms with van der Waals surface area (Å²) < 4.78 is 5.62. The minimum atomic E-state index is 0.156. The Morgan fingerprint density at radius 2 is 1.95 bits per heavy atom. The minimum Gasteiger partial charge on any atom is -0.494 e. The zero-order valence-electron chi connectivity index (χ0n) is 12.4. The predicted molar refractivity (Wildman–Crippen MR) is 82.1 cm³/mol. The minimum absolute atomic E-state index is 0.156. The fraction of sp³-hybridized carbons (Fsp3) is 0.353. The molecule has 106 valence electrons. The number of nitrogens with one attached hydrogen (secondary N) is 1. The topological polar surface area (TPSA) is 34.1 Å². The molecule has 0 saturated heterocycles. The van der Waals surface area contributed by atoms with Gasteiger partial charge in [0.2, 0.25) is 0 Å². The third-order valence-electron chi connectivity index (χ3n) is 3.37. The molecule has 1 aromatic heterocycles. The van der Waals surface area contributed by atoms with E-state index in [-0.39, 0.29) is 6.04 Å².